The van der Waals surface area contributed by atoms with E-state index in [1.165, 1.54) is 6.07 Å². The van der Waals surface area contributed by atoms with Gasteiger partial charge in [0.05, 0.1) is 25.5 Å². The Kier molecular flexibility index (Phi) is 4.74. The first-order valence-corrected chi connectivity index (χ1v) is 9.01. The molecule has 0 N–H and O–H groups in total. The summed E-state index contributed by atoms with van der Waals surface area (Å²) in [6.45, 7) is 6.09. The van der Waals surface area contributed by atoms with Gasteiger partial charge in [-0.15, -0.1) is 0 Å². The van der Waals surface area contributed by atoms with E-state index in [1.54, 1.807) is 23.1 Å². The minimum absolute atomic E-state index is 0.0658. The van der Waals surface area contributed by atoms with Gasteiger partial charge in [-0.3, -0.25) is 9.69 Å². The molecule has 1 unspecified atom stereocenters. The smallest absolute Gasteiger partial charge is 0.245 e. The highest BCUT2D eigenvalue weighted by molar-refractivity contribution is 5.83. The van der Waals surface area contributed by atoms with Crippen molar-refractivity contribution in [3.63, 3.8) is 0 Å². The second-order valence-corrected chi connectivity index (χ2v) is 6.82. The Morgan fingerprint density at radius 1 is 1.19 bits per heavy atom. The molecule has 0 aliphatic carbocycles. The maximum Gasteiger partial charge on any atom is 0.245 e. The van der Waals surface area contributed by atoms with Gasteiger partial charge in [0.15, 0.2) is 0 Å². The lowest BCUT2D eigenvalue weighted by molar-refractivity contribution is -0.140. The predicted octanol–water partition coefficient (Wildman–Crippen LogP) is 1.75. The van der Waals surface area contributed by atoms with Crippen LogP contribution in [0.1, 0.15) is 23.1 Å². The van der Waals surface area contributed by atoms with Gasteiger partial charge in [-0.05, 0) is 13.0 Å². The normalized spacial score (nSPS) is 19.2. The first kappa shape index (κ1) is 17.2. The third kappa shape index (κ3) is 3.24. The number of halogens is 1. The lowest BCUT2D eigenvalue weighted by Crippen LogP contribution is -2.49. The van der Waals surface area contributed by atoms with Crippen LogP contribution < -0.4 is 0 Å². The minimum Gasteiger partial charge on any atom is -0.379 e. The van der Waals surface area contributed by atoms with Crippen molar-refractivity contribution in [2.75, 3.05) is 32.8 Å². The number of fused-ring (bicyclic) bond motifs is 1. The molecule has 1 aromatic heterocycles. The van der Waals surface area contributed by atoms with Crippen LogP contribution in [-0.2, 0) is 22.6 Å². The highest BCUT2D eigenvalue weighted by Crippen LogP contribution is 2.28. The summed E-state index contributed by atoms with van der Waals surface area (Å²) in [6.07, 6.45) is 2.01. The SMILES string of the molecule is Cc1cn2c(n1)CN(C(=O)C(c1ccccc1F)N1CCOCC1)CC2. The van der Waals surface area contributed by atoms with E-state index in [1.807, 2.05) is 18.0 Å². The molecule has 2 aliphatic heterocycles. The summed E-state index contributed by atoms with van der Waals surface area (Å²) in [6, 6.07) is 5.94. The van der Waals surface area contributed by atoms with Crippen molar-refractivity contribution in [1.82, 2.24) is 19.4 Å². The Morgan fingerprint density at radius 2 is 1.96 bits per heavy atom. The molecule has 1 aromatic carbocycles. The highest BCUT2D eigenvalue weighted by Gasteiger charge is 2.35. The highest BCUT2D eigenvalue weighted by atomic mass is 19.1. The van der Waals surface area contributed by atoms with E-state index in [9.17, 15) is 9.18 Å². The molecule has 0 radical (unpaired) electrons. The lowest BCUT2D eigenvalue weighted by Gasteiger charge is -2.38. The molecule has 2 aromatic rings. The molecule has 138 valence electrons. The van der Waals surface area contributed by atoms with Gasteiger partial charge in [0.25, 0.3) is 0 Å². The van der Waals surface area contributed by atoms with Crippen LogP contribution >= 0.6 is 0 Å². The standard InChI is InChI=1S/C19H23FN4O2/c1-14-12-23-6-7-24(13-17(23)21-14)19(25)18(22-8-10-26-11-9-22)15-4-2-3-5-16(15)20/h2-5,12,18H,6-11,13H2,1H3. The molecule has 26 heavy (non-hydrogen) atoms. The number of nitrogens with zero attached hydrogens (tertiary/aromatic N) is 4. The fourth-order valence-electron chi connectivity index (χ4n) is 3.77. The number of benzene rings is 1. The average molecular weight is 358 g/mol. The molecule has 1 fully saturated rings. The monoisotopic (exact) mass is 358 g/mol. The van der Waals surface area contributed by atoms with Crippen LogP contribution in [0.15, 0.2) is 30.5 Å². The van der Waals surface area contributed by atoms with E-state index in [2.05, 4.69) is 9.55 Å². The Hall–Kier alpha value is -2.25. The number of aryl methyl sites for hydroxylation is 1. The Balaban J connectivity index is 1.63. The van der Waals surface area contributed by atoms with Gasteiger partial charge >= 0.3 is 0 Å². The minimum atomic E-state index is -0.622. The van der Waals surface area contributed by atoms with Crippen molar-refractivity contribution in [2.24, 2.45) is 0 Å². The van der Waals surface area contributed by atoms with Crippen LogP contribution in [0.2, 0.25) is 0 Å². The first-order valence-electron chi connectivity index (χ1n) is 9.01. The third-order valence-corrected chi connectivity index (χ3v) is 5.08. The Labute approximate surface area is 152 Å². The van der Waals surface area contributed by atoms with Gasteiger partial charge in [-0.25, -0.2) is 9.37 Å². The maximum absolute atomic E-state index is 14.5. The topological polar surface area (TPSA) is 50.6 Å². The maximum atomic E-state index is 14.5. The number of hydrogen-bond acceptors (Lipinski definition) is 4. The van der Waals surface area contributed by atoms with Crippen LogP contribution in [0.3, 0.4) is 0 Å². The molecular formula is C19H23FN4O2. The second kappa shape index (κ2) is 7.17. The Morgan fingerprint density at radius 3 is 2.73 bits per heavy atom. The van der Waals surface area contributed by atoms with Gasteiger partial charge in [0, 0.05) is 37.9 Å². The third-order valence-electron chi connectivity index (χ3n) is 5.08. The second-order valence-electron chi connectivity index (χ2n) is 6.82. The molecule has 0 bridgehead atoms. The number of carbonyl (C=O) groups is 1. The van der Waals surface area contributed by atoms with E-state index in [4.69, 9.17) is 4.74 Å². The zero-order chi connectivity index (χ0) is 18.1. The summed E-state index contributed by atoms with van der Waals surface area (Å²) in [5.41, 5.74) is 1.39. The molecule has 2 aliphatic rings. The van der Waals surface area contributed by atoms with Crippen molar-refractivity contribution < 1.29 is 13.9 Å². The van der Waals surface area contributed by atoms with Crippen LogP contribution in [0, 0.1) is 12.7 Å². The molecule has 1 saturated heterocycles. The number of morpholine rings is 1. The summed E-state index contributed by atoms with van der Waals surface area (Å²) in [4.78, 5) is 21.7. The Bertz CT molecular complexity index is 801. The average Bonchev–Trinajstić information content (AvgIpc) is 3.03. The molecule has 0 saturated carbocycles. The molecule has 3 heterocycles. The number of hydrogen-bond donors (Lipinski definition) is 0. The number of rotatable bonds is 3. The summed E-state index contributed by atoms with van der Waals surface area (Å²) in [5, 5.41) is 0. The zero-order valence-electron chi connectivity index (χ0n) is 14.9. The molecule has 4 rings (SSSR count). The summed E-state index contributed by atoms with van der Waals surface area (Å²) >= 11 is 0. The number of carbonyl (C=O) groups excluding carboxylic acids is 1. The van der Waals surface area contributed by atoms with Gasteiger partial charge < -0.3 is 14.2 Å². The van der Waals surface area contributed by atoms with Crippen LogP contribution in [0.25, 0.3) is 0 Å². The van der Waals surface area contributed by atoms with Crippen molar-refractivity contribution in [1.29, 1.82) is 0 Å². The summed E-state index contributed by atoms with van der Waals surface area (Å²) < 4.78 is 22.0. The van der Waals surface area contributed by atoms with Crippen molar-refractivity contribution in [2.45, 2.75) is 26.1 Å². The summed E-state index contributed by atoms with van der Waals surface area (Å²) in [7, 11) is 0. The van der Waals surface area contributed by atoms with E-state index < -0.39 is 6.04 Å². The first-order chi connectivity index (χ1) is 12.6. The fraction of sp³-hybridized carbons (Fsp3) is 0.474. The van der Waals surface area contributed by atoms with Crippen molar-refractivity contribution >= 4 is 5.91 Å². The van der Waals surface area contributed by atoms with E-state index in [0.717, 1.165) is 18.1 Å². The van der Waals surface area contributed by atoms with Crippen LogP contribution in [-0.4, -0.2) is 58.1 Å². The molecular weight excluding hydrogens is 335 g/mol. The molecule has 1 atom stereocenters. The van der Waals surface area contributed by atoms with E-state index in [0.29, 0.717) is 45.0 Å². The van der Waals surface area contributed by atoms with Gasteiger partial charge in [0.1, 0.15) is 17.7 Å². The zero-order valence-corrected chi connectivity index (χ0v) is 14.9. The van der Waals surface area contributed by atoms with E-state index in [-0.39, 0.29) is 11.7 Å². The van der Waals surface area contributed by atoms with Gasteiger partial charge in [0.2, 0.25) is 5.91 Å². The lowest BCUT2D eigenvalue weighted by atomic mass is 10.0. The number of imidazole rings is 1. The van der Waals surface area contributed by atoms with E-state index >= 15 is 0 Å². The number of amides is 1. The van der Waals surface area contributed by atoms with Gasteiger partial charge in [-0.1, -0.05) is 18.2 Å². The van der Waals surface area contributed by atoms with Crippen molar-refractivity contribution in [3.05, 3.63) is 53.4 Å². The molecule has 6 nitrogen and oxygen atoms in total. The van der Waals surface area contributed by atoms with Crippen LogP contribution in [0.5, 0.6) is 0 Å². The molecule has 0 spiro atoms. The summed E-state index contributed by atoms with van der Waals surface area (Å²) in [5.74, 6) is 0.479. The van der Waals surface area contributed by atoms with Crippen molar-refractivity contribution in [3.8, 4) is 0 Å². The molecule has 7 heteroatoms. The van der Waals surface area contributed by atoms with Crippen LogP contribution in [0.4, 0.5) is 4.39 Å². The number of ether oxygens (including phenoxy) is 1. The largest absolute Gasteiger partial charge is 0.379 e. The number of aromatic nitrogens is 2. The fourth-order valence-corrected chi connectivity index (χ4v) is 3.77. The predicted molar refractivity (Wildman–Crippen MR) is 93.9 cm³/mol. The molecule has 1 amide bonds. The van der Waals surface area contributed by atoms with Gasteiger partial charge in [-0.2, -0.15) is 0 Å². The quantitative estimate of drug-likeness (QED) is 0.839.